The van der Waals surface area contributed by atoms with Crippen LogP contribution in [0.25, 0.3) is 0 Å². The van der Waals surface area contributed by atoms with Gasteiger partial charge in [-0.05, 0) is 37.8 Å². The number of nitrogens with zero attached hydrogens (tertiary/aromatic N) is 1. The van der Waals surface area contributed by atoms with Gasteiger partial charge in [-0.1, -0.05) is 48.0 Å². The highest BCUT2D eigenvalue weighted by atomic mass is 16.7. The SMILES string of the molecule is CCCN(CC)CC1COC(CCC)(CCCC(C)(C)C)O1. The van der Waals surface area contributed by atoms with Crippen LogP contribution in [-0.2, 0) is 9.47 Å². The van der Waals surface area contributed by atoms with Gasteiger partial charge in [-0.15, -0.1) is 0 Å². The van der Waals surface area contributed by atoms with Crippen LogP contribution in [0.3, 0.4) is 0 Å². The minimum Gasteiger partial charge on any atom is -0.347 e. The molecule has 1 heterocycles. The van der Waals surface area contributed by atoms with Crippen molar-refractivity contribution in [1.82, 2.24) is 4.90 Å². The van der Waals surface area contributed by atoms with E-state index in [2.05, 4.69) is 46.4 Å². The highest BCUT2D eigenvalue weighted by molar-refractivity contribution is 4.81. The van der Waals surface area contributed by atoms with Crippen LogP contribution in [0.15, 0.2) is 0 Å². The molecule has 0 N–H and O–H groups in total. The van der Waals surface area contributed by atoms with Gasteiger partial charge in [0, 0.05) is 19.4 Å². The molecule has 1 saturated heterocycles. The van der Waals surface area contributed by atoms with Crippen molar-refractivity contribution < 1.29 is 9.47 Å². The second kappa shape index (κ2) is 9.24. The van der Waals surface area contributed by atoms with Crippen LogP contribution in [0.1, 0.15) is 80.1 Å². The van der Waals surface area contributed by atoms with E-state index in [4.69, 9.17) is 9.47 Å². The monoisotopic (exact) mass is 313 g/mol. The Bertz CT molecular complexity index is 300. The second-order valence-electron chi connectivity index (χ2n) is 8.02. The minimum absolute atomic E-state index is 0.243. The fourth-order valence-corrected chi connectivity index (χ4v) is 3.35. The van der Waals surface area contributed by atoms with E-state index < -0.39 is 0 Å². The summed E-state index contributed by atoms with van der Waals surface area (Å²) in [5.41, 5.74) is 0.394. The third-order valence-corrected chi connectivity index (χ3v) is 4.48. The number of hydrogen-bond acceptors (Lipinski definition) is 3. The maximum Gasteiger partial charge on any atom is 0.168 e. The van der Waals surface area contributed by atoms with E-state index in [1.165, 1.54) is 19.3 Å². The minimum atomic E-state index is -0.309. The highest BCUT2D eigenvalue weighted by Gasteiger charge is 2.40. The fourth-order valence-electron chi connectivity index (χ4n) is 3.35. The predicted octanol–water partition coefficient (Wildman–Crippen LogP) is 4.85. The zero-order valence-corrected chi connectivity index (χ0v) is 15.9. The Morgan fingerprint density at radius 2 is 1.82 bits per heavy atom. The quantitative estimate of drug-likeness (QED) is 0.575. The van der Waals surface area contributed by atoms with E-state index in [-0.39, 0.29) is 11.9 Å². The summed E-state index contributed by atoms with van der Waals surface area (Å²) in [6.07, 6.45) is 7.03. The Morgan fingerprint density at radius 3 is 2.36 bits per heavy atom. The molecule has 1 fully saturated rings. The Morgan fingerprint density at radius 1 is 1.09 bits per heavy atom. The summed E-state index contributed by atoms with van der Waals surface area (Å²) in [6, 6.07) is 0. The van der Waals surface area contributed by atoms with E-state index in [1.54, 1.807) is 0 Å². The molecule has 0 aromatic rings. The van der Waals surface area contributed by atoms with E-state index in [9.17, 15) is 0 Å². The molecular weight excluding hydrogens is 274 g/mol. The van der Waals surface area contributed by atoms with Gasteiger partial charge in [0.15, 0.2) is 5.79 Å². The van der Waals surface area contributed by atoms with Crippen molar-refractivity contribution >= 4 is 0 Å². The third-order valence-electron chi connectivity index (χ3n) is 4.48. The average molecular weight is 314 g/mol. The summed E-state index contributed by atoms with van der Waals surface area (Å²) in [6.45, 7) is 17.6. The standard InChI is InChI=1S/C19H39NO2/c1-7-11-19(13-10-12-18(4,5)6)21-16-17(22-19)15-20(9-3)14-8-2/h17H,7-16H2,1-6H3. The van der Waals surface area contributed by atoms with Crippen molar-refractivity contribution in [2.75, 3.05) is 26.2 Å². The third kappa shape index (κ3) is 6.97. The van der Waals surface area contributed by atoms with Crippen LogP contribution >= 0.6 is 0 Å². The molecule has 22 heavy (non-hydrogen) atoms. The lowest BCUT2D eigenvalue weighted by molar-refractivity contribution is -0.180. The predicted molar refractivity (Wildman–Crippen MR) is 94.2 cm³/mol. The molecule has 3 nitrogen and oxygen atoms in total. The van der Waals surface area contributed by atoms with Gasteiger partial charge in [0.2, 0.25) is 0 Å². The smallest absolute Gasteiger partial charge is 0.168 e. The molecule has 0 saturated carbocycles. The summed E-state index contributed by atoms with van der Waals surface area (Å²) in [5, 5.41) is 0. The first-order valence-corrected chi connectivity index (χ1v) is 9.38. The molecule has 1 aliphatic rings. The van der Waals surface area contributed by atoms with Crippen LogP contribution in [0.4, 0.5) is 0 Å². The van der Waals surface area contributed by atoms with Crippen molar-refractivity contribution in [2.24, 2.45) is 5.41 Å². The van der Waals surface area contributed by atoms with Crippen LogP contribution in [0.2, 0.25) is 0 Å². The topological polar surface area (TPSA) is 21.7 Å². The van der Waals surface area contributed by atoms with Crippen LogP contribution < -0.4 is 0 Å². The maximum absolute atomic E-state index is 6.42. The first kappa shape index (κ1) is 19.9. The Balaban J connectivity index is 2.50. The Kier molecular flexibility index (Phi) is 8.37. The number of likely N-dealkylation sites (N-methyl/N-ethyl adjacent to an activating group) is 1. The van der Waals surface area contributed by atoms with E-state index in [0.29, 0.717) is 5.41 Å². The fraction of sp³-hybridized carbons (Fsp3) is 1.00. The molecule has 2 atom stereocenters. The van der Waals surface area contributed by atoms with E-state index >= 15 is 0 Å². The number of hydrogen-bond donors (Lipinski definition) is 0. The summed E-state index contributed by atoms with van der Waals surface area (Å²) < 4.78 is 12.6. The summed E-state index contributed by atoms with van der Waals surface area (Å²) in [5.74, 6) is -0.309. The van der Waals surface area contributed by atoms with Crippen molar-refractivity contribution in [3.05, 3.63) is 0 Å². The van der Waals surface area contributed by atoms with Crippen LogP contribution in [0, 0.1) is 5.41 Å². The Hall–Kier alpha value is -0.120. The van der Waals surface area contributed by atoms with Crippen molar-refractivity contribution in [2.45, 2.75) is 92.0 Å². The van der Waals surface area contributed by atoms with Crippen LogP contribution in [0.5, 0.6) is 0 Å². The molecular formula is C19H39NO2. The molecule has 0 aromatic heterocycles. The van der Waals surface area contributed by atoms with Gasteiger partial charge in [0.25, 0.3) is 0 Å². The molecule has 0 aromatic carbocycles. The van der Waals surface area contributed by atoms with Gasteiger partial charge < -0.3 is 14.4 Å². The second-order valence-corrected chi connectivity index (χ2v) is 8.02. The maximum atomic E-state index is 6.42. The van der Waals surface area contributed by atoms with Crippen molar-refractivity contribution in [3.8, 4) is 0 Å². The molecule has 3 heteroatoms. The number of ether oxygens (including phenoxy) is 2. The lowest BCUT2D eigenvalue weighted by Crippen LogP contribution is -2.36. The van der Waals surface area contributed by atoms with Gasteiger partial charge in [-0.2, -0.15) is 0 Å². The Labute approximate surface area is 138 Å². The zero-order chi connectivity index (χ0) is 16.6. The van der Waals surface area contributed by atoms with Gasteiger partial charge in [0.05, 0.1) is 12.7 Å². The van der Waals surface area contributed by atoms with Gasteiger partial charge >= 0.3 is 0 Å². The lowest BCUT2D eigenvalue weighted by Gasteiger charge is -2.30. The summed E-state index contributed by atoms with van der Waals surface area (Å²) in [4.78, 5) is 2.48. The van der Waals surface area contributed by atoms with Gasteiger partial charge in [-0.25, -0.2) is 0 Å². The zero-order valence-electron chi connectivity index (χ0n) is 15.9. The molecule has 2 unspecified atom stereocenters. The van der Waals surface area contributed by atoms with Gasteiger partial charge in [0.1, 0.15) is 0 Å². The molecule has 0 aliphatic carbocycles. The molecule has 0 radical (unpaired) electrons. The molecule has 132 valence electrons. The molecule has 0 spiro atoms. The highest BCUT2D eigenvalue weighted by Crippen LogP contribution is 2.35. The first-order valence-electron chi connectivity index (χ1n) is 9.38. The molecule has 0 bridgehead atoms. The first-order chi connectivity index (χ1) is 10.3. The molecule has 1 rings (SSSR count). The van der Waals surface area contributed by atoms with Crippen molar-refractivity contribution in [3.63, 3.8) is 0 Å². The normalized spacial score (nSPS) is 26.0. The summed E-state index contributed by atoms with van der Waals surface area (Å²) >= 11 is 0. The number of rotatable bonds is 10. The largest absolute Gasteiger partial charge is 0.347 e. The van der Waals surface area contributed by atoms with Crippen LogP contribution in [-0.4, -0.2) is 43.0 Å². The van der Waals surface area contributed by atoms with Gasteiger partial charge in [-0.3, -0.25) is 0 Å². The lowest BCUT2D eigenvalue weighted by atomic mass is 9.88. The summed E-state index contributed by atoms with van der Waals surface area (Å²) in [7, 11) is 0. The van der Waals surface area contributed by atoms with E-state index in [1.807, 2.05) is 0 Å². The van der Waals surface area contributed by atoms with E-state index in [0.717, 1.165) is 45.5 Å². The molecule has 1 aliphatic heterocycles. The average Bonchev–Trinajstić information content (AvgIpc) is 2.80. The van der Waals surface area contributed by atoms with Crippen molar-refractivity contribution in [1.29, 1.82) is 0 Å². The molecule has 0 amide bonds.